The van der Waals surface area contributed by atoms with E-state index in [0.717, 1.165) is 36.3 Å². The van der Waals surface area contributed by atoms with Crippen LogP contribution in [0.5, 0.6) is 0 Å². The van der Waals surface area contributed by atoms with Crippen molar-refractivity contribution in [1.82, 2.24) is 15.2 Å². The molecule has 1 amide bonds. The van der Waals surface area contributed by atoms with Crippen molar-refractivity contribution in [1.29, 1.82) is 0 Å². The molecule has 1 saturated carbocycles. The average Bonchev–Trinajstić information content (AvgIpc) is 3.15. The summed E-state index contributed by atoms with van der Waals surface area (Å²) in [7, 11) is 0. The van der Waals surface area contributed by atoms with Crippen LogP contribution in [0, 0.1) is 12.8 Å². The molecule has 1 unspecified atom stereocenters. The molecule has 2 aliphatic rings. The number of amides is 1. The zero-order valence-electron chi connectivity index (χ0n) is 22.2. The predicted molar refractivity (Wildman–Crippen MR) is 145 cm³/mol. The van der Waals surface area contributed by atoms with Crippen LogP contribution in [0.2, 0.25) is 5.02 Å². The van der Waals surface area contributed by atoms with Crippen molar-refractivity contribution in [2.45, 2.75) is 97.0 Å². The summed E-state index contributed by atoms with van der Waals surface area (Å²) in [6.07, 6.45) is 7.12. The van der Waals surface area contributed by atoms with Gasteiger partial charge < -0.3 is 19.7 Å². The highest BCUT2D eigenvalue weighted by atomic mass is 35.5. The summed E-state index contributed by atoms with van der Waals surface area (Å²) < 4.78 is 7.75. The molecule has 1 saturated heterocycles. The largest absolute Gasteiger partial charge is 0.381 e. The number of nitrogens with zero attached hydrogens (tertiary/aromatic N) is 1. The maximum Gasteiger partial charge on any atom is 0.253 e. The van der Waals surface area contributed by atoms with E-state index in [4.69, 9.17) is 16.3 Å². The van der Waals surface area contributed by atoms with Gasteiger partial charge in [-0.1, -0.05) is 30.9 Å². The minimum absolute atomic E-state index is 0.0280. The fourth-order valence-electron chi connectivity index (χ4n) is 5.49. The number of carbonyl (C=O) groups excluding carboxylic acids is 1. The van der Waals surface area contributed by atoms with Gasteiger partial charge in [-0.25, -0.2) is 0 Å². The van der Waals surface area contributed by atoms with E-state index in [-0.39, 0.29) is 17.5 Å². The number of hydrogen-bond acceptors (Lipinski definition) is 4. The van der Waals surface area contributed by atoms with Gasteiger partial charge in [0.15, 0.2) is 0 Å². The van der Waals surface area contributed by atoms with Gasteiger partial charge in [0, 0.05) is 53.3 Å². The third-order valence-electron chi connectivity index (χ3n) is 7.43. The lowest BCUT2D eigenvalue weighted by molar-refractivity contribution is 0.0696. The van der Waals surface area contributed by atoms with Crippen molar-refractivity contribution in [2.24, 2.45) is 5.92 Å². The molecule has 0 spiro atoms. The minimum atomic E-state index is -0.846. The molecule has 0 radical (unpaired) electrons. The summed E-state index contributed by atoms with van der Waals surface area (Å²) in [4.78, 5) is 13.4. The zero-order valence-corrected chi connectivity index (χ0v) is 23.0. The van der Waals surface area contributed by atoms with Crippen LogP contribution in [0.15, 0.2) is 24.3 Å². The monoisotopic (exact) mass is 515 g/mol. The first-order valence-electron chi connectivity index (χ1n) is 13.5. The molecule has 1 aromatic heterocycles. The van der Waals surface area contributed by atoms with Crippen LogP contribution in [0.3, 0.4) is 0 Å². The topological polar surface area (TPSA) is 75.5 Å². The van der Waals surface area contributed by atoms with Crippen LogP contribution in [0.1, 0.15) is 93.6 Å². The summed E-state index contributed by atoms with van der Waals surface area (Å²) in [5, 5.41) is 17.9. The van der Waals surface area contributed by atoms with Gasteiger partial charge in [0.05, 0.1) is 5.56 Å². The van der Waals surface area contributed by atoms with Gasteiger partial charge >= 0.3 is 0 Å². The van der Waals surface area contributed by atoms with E-state index in [1.165, 1.54) is 32.1 Å². The first-order chi connectivity index (χ1) is 17.1. The van der Waals surface area contributed by atoms with Crippen LogP contribution in [-0.2, 0) is 11.3 Å². The molecule has 36 heavy (non-hydrogen) atoms. The summed E-state index contributed by atoms with van der Waals surface area (Å²) in [5.74, 6) is 0.571. The molecule has 2 fully saturated rings. The van der Waals surface area contributed by atoms with Crippen molar-refractivity contribution in [3.63, 3.8) is 0 Å². The number of aliphatic hydroxyl groups excluding tert-OH is 1. The maximum absolute atomic E-state index is 13.4. The number of nitrogens with one attached hydrogen (secondary N) is 2. The van der Waals surface area contributed by atoms with Gasteiger partial charge in [0.25, 0.3) is 5.91 Å². The second-order valence-corrected chi connectivity index (χ2v) is 12.0. The third-order valence-corrected chi connectivity index (χ3v) is 7.65. The van der Waals surface area contributed by atoms with E-state index < -0.39 is 6.23 Å². The average molecular weight is 516 g/mol. The van der Waals surface area contributed by atoms with Gasteiger partial charge in [-0.15, -0.1) is 0 Å². The SMILES string of the molecule is Cc1c(C(=O)NC2CCOCC2)cc(-c2cc(Cl)cc(C(O)NC(C)(C)C)c2)n1CC1CCCCC1. The molecular weight excluding hydrogens is 474 g/mol. The Kier molecular flexibility index (Phi) is 8.82. The summed E-state index contributed by atoms with van der Waals surface area (Å²) >= 11 is 6.56. The van der Waals surface area contributed by atoms with Gasteiger partial charge in [-0.05, 0) is 89.1 Å². The summed E-state index contributed by atoms with van der Waals surface area (Å²) in [6.45, 7) is 10.4. The number of carbonyl (C=O) groups is 1. The fourth-order valence-corrected chi connectivity index (χ4v) is 5.74. The van der Waals surface area contributed by atoms with Crippen LogP contribution in [0.4, 0.5) is 0 Å². The van der Waals surface area contributed by atoms with Gasteiger partial charge in [-0.2, -0.15) is 0 Å². The fraction of sp³-hybridized carbons (Fsp3) is 0.621. The Morgan fingerprint density at radius 3 is 2.47 bits per heavy atom. The lowest BCUT2D eigenvalue weighted by Crippen LogP contribution is -2.39. The third kappa shape index (κ3) is 6.91. The second-order valence-electron chi connectivity index (χ2n) is 11.6. The minimum Gasteiger partial charge on any atom is -0.381 e. The molecule has 1 aliphatic carbocycles. The Bertz CT molecular complexity index is 1050. The van der Waals surface area contributed by atoms with Crippen molar-refractivity contribution in [3.8, 4) is 11.3 Å². The first-order valence-corrected chi connectivity index (χ1v) is 13.8. The van der Waals surface area contributed by atoms with E-state index in [2.05, 4.69) is 15.2 Å². The molecule has 1 atom stereocenters. The van der Waals surface area contributed by atoms with Crippen molar-refractivity contribution in [3.05, 3.63) is 46.1 Å². The number of ether oxygens (including phenoxy) is 1. The highest BCUT2D eigenvalue weighted by Crippen LogP contribution is 2.34. The summed E-state index contributed by atoms with van der Waals surface area (Å²) in [5.41, 5.74) is 4.04. The Hall–Kier alpha value is -1.86. The van der Waals surface area contributed by atoms with Crippen LogP contribution in [0.25, 0.3) is 11.3 Å². The standard InChI is InChI=1S/C29H42ClN3O3/c1-19-25(28(35)31-24-10-12-36-13-11-24)17-26(33(19)18-20-8-6-5-7-9-20)21-14-22(16-23(30)15-21)27(34)32-29(2,3)4/h14-17,20,24,27,32,34H,5-13,18H2,1-4H3,(H,31,35). The highest BCUT2D eigenvalue weighted by molar-refractivity contribution is 6.31. The summed E-state index contributed by atoms with van der Waals surface area (Å²) in [6, 6.07) is 7.87. The normalized spacial score (nSPS) is 18.8. The van der Waals surface area contributed by atoms with Crippen molar-refractivity contribution < 1.29 is 14.6 Å². The molecule has 1 aromatic carbocycles. The van der Waals surface area contributed by atoms with Crippen LogP contribution >= 0.6 is 11.6 Å². The number of rotatable bonds is 7. The van der Waals surface area contributed by atoms with Crippen molar-refractivity contribution >= 4 is 17.5 Å². The second kappa shape index (κ2) is 11.7. The van der Waals surface area contributed by atoms with E-state index in [1.54, 1.807) is 6.07 Å². The number of benzene rings is 1. The van der Waals surface area contributed by atoms with E-state index in [9.17, 15) is 9.90 Å². The number of halogens is 1. The van der Waals surface area contributed by atoms with Gasteiger partial charge in [-0.3, -0.25) is 10.1 Å². The smallest absolute Gasteiger partial charge is 0.253 e. The molecule has 3 N–H and O–H groups in total. The van der Waals surface area contributed by atoms with Crippen LogP contribution < -0.4 is 10.6 Å². The molecule has 1 aliphatic heterocycles. The van der Waals surface area contributed by atoms with Crippen molar-refractivity contribution in [2.75, 3.05) is 13.2 Å². The molecule has 4 rings (SSSR count). The molecular formula is C29H42ClN3O3. The molecule has 7 heteroatoms. The highest BCUT2D eigenvalue weighted by Gasteiger charge is 2.25. The number of aliphatic hydroxyl groups is 1. The molecule has 198 valence electrons. The Labute approximate surface area is 220 Å². The molecule has 2 heterocycles. The maximum atomic E-state index is 13.4. The first kappa shape index (κ1) is 27.2. The zero-order chi connectivity index (χ0) is 25.9. The number of hydrogen-bond donors (Lipinski definition) is 3. The van der Waals surface area contributed by atoms with E-state index in [0.29, 0.717) is 35.3 Å². The molecule has 2 aromatic rings. The van der Waals surface area contributed by atoms with Crippen LogP contribution in [-0.4, -0.2) is 40.4 Å². The quantitative estimate of drug-likeness (QED) is 0.396. The Morgan fingerprint density at radius 1 is 1.11 bits per heavy atom. The predicted octanol–water partition coefficient (Wildman–Crippen LogP) is 5.99. The lowest BCUT2D eigenvalue weighted by atomic mass is 9.89. The number of aromatic nitrogens is 1. The molecule has 0 bridgehead atoms. The Morgan fingerprint density at radius 2 is 1.81 bits per heavy atom. The molecule has 6 nitrogen and oxygen atoms in total. The Balaban J connectivity index is 1.70. The van der Waals surface area contributed by atoms with Gasteiger partial charge in [0.2, 0.25) is 0 Å². The lowest BCUT2D eigenvalue weighted by Gasteiger charge is -2.26. The van der Waals surface area contributed by atoms with E-state index in [1.807, 2.05) is 45.9 Å². The van der Waals surface area contributed by atoms with Gasteiger partial charge in [0.1, 0.15) is 6.23 Å². The van der Waals surface area contributed by atoms with E-state index >= 15 is 0 Å².